The number of rotatable bonds is 6. The number of hydrogen-bond acceptors (Lipinski definition) is 5. The highest BCUT2D eigenvalue weighted by atomic mass is 32.2. The number of carbonyl (C=O) groups is 3. The Kier molecular flexibility index (Phi) is 6.35. The molecule has 0 aromatic heterocycles. The van der Waals surface area contributed by atoms with E-state index in [9.17, 15) is 27.6 Å². The SMILES string of the molecule is [B][C@@]1(Cc2ccc(OC)c(C(=O)NCc3ccc(C(F)(F)F)cc3)c2)SC(=O)NC1=O. The normalized spacial score (nSPS) is 18.6. The molecule has 0 spiro atoms. The highest BCUT2D eigenvalue weighted by molar-refractivity contribution is 8.17. The number of benzene rings is 2. The van der Waals surface area contributed by atoms with Crippen molar-refractivity contribution in [3.05, 3.63) is 64.7 Å². The number of alkyl halides is 3. The van der Waals surface area contributed by atoms with Gasteiger partial charge in [-0.05, 0) is 41.8 Å². The first-order valence-electron chi connectivity index (χ1n) is 8.96. The molecule has 0 bridgehead atoms. The molecule has 1 atom stereocenters. The third-order valence-corrected chi connectivity index (χ3v) is 5.57. The lowest BCUT2D eigenvalue weighted by Crippen LogP contribution is -2.39. The fourth-order valence-electron chi connectivity index (χ4n) is 2.99. The van der Waals surface area contributed by atoms with Crippen LogP contribution in [0.1, 0.15) is 27.0 Å². The molecule has 31 heavy (non-hydrogen) atoms. The number of amides is 3. The predicted octanol–water partition coefficient (Wildman–Crippen LogP) is 3.03. The summed E-state index contributed by atoms with van der Waals surface area (Å²) in [5.41, 5.74) is 0.389. The maximum absolute atomic E-state index is 12.7. The maximum Gasteiger partial charge on any atom is 0.416 e. The number of methoxy groups -OCH3 is 1. The van der Waals surface area contributed by atoms with E-state index in [1.807, 2.05) is 0 Å². The molecular formula is C20H16BF3N2O4S. The monoisotopic (exact) mass is 448 g/mol. The zero-order chi connectivity index (χ0) is 22.8. The number of imide groups is 1. The van der Waals surface area contributed by atoms with E-state index in [4.69, 9.17) is 12.6 Å². The minimum absolute atomic E-state index is 0.00157. The van der Waals surface area contributed by atoms with Gasteiger partial charge in [0.1, 0.15) is 13.6 Å². The molecule has 2 radical (unpaired) electrons. The molecule has 3 rings (SSSR count). The standard InChI is InChI=1S/C20H16BF3N2O4S/c1-30-15-7-4-12(9-19(21)17(28)26-18(29)31-19)8-14(15)16(27)25-10-11-2-5-13(6-3-11)20(22,23)24/h2-8H,9-10H2,1H3,(H,25,27)(H,26,28,29)/t19-/m0/s1. The van der Waals surface area contributed by atoms with Crippen LogP contribution in [0.4, 0.5) is 18.0 Å². The quantitative estimate of drug-likeness (QED) is 0.664. The summed E-state index contributed by atoms with van der Waals surface area (Å²) in [6.45, 7) is -0.00205. The van der Waals surface area contributed by atoms with E-state index < -0.39 is 33.4 Å². The Balaban J connectivity index is 1.73. The number of ether oxygens (including phenoxy) is 1. The van der Waals surface area contributed by atoms with Crippen molar-refractivity contribution in [1.82, 2.24) is 10.6 Å². The van der Waals surface area contributed by atoms with Crippen LogP contribution >= 0.6 is 11.8 Å². The summed E-state index contributed by atoms with van der Waals surface area (Å²) in [5, 5.41) is 4.20. The van der Waals surface area contributed by atoms with Crippen LogP contribution in [0, 0.1) is 0 Å². The van der Waals surface area contributed by atoms with Crippen LogP contribution in [-0.4, -0.2) is 36.7 Å². The third-order valence-electron chi connectivity index (χ3n) is 4.58. The molecule has 0 unspecified atom stereocenters. The van der Waals surface area contributed by atoms with Crippen molar-refractivity contribution in [2.24, 2.45) is 0 Å². The Hall–Kier alpha value is -2.95. The Bertz CT molecular complexity index is 1030. The van der Waals surface area contributed by atoms with Crippen molar-refractivity contribution in [2.45, 2.75) is 23.8 Å². The molecule has 6 nitrogen and oxygen atoms in total. The van der Waals surface area contributed by atoms with Crippen molar-refractivity contribution in [3.63, 3.8) is 0 Å². The molecule has 1 fully saturated rings. The van der Waals surface area contributed by atoms with Crippen LogP contribution in [0.3, 0.4) is 0 Å². The van der Waals surface area contributed by atoms with Gasteiger partial charge in [0.05, 0.1) is 22.9 Å². The fraction of sp³-hybridized carbons (Fsp3) is 0.250. The van der Waals surface area contributed by atoms with Crippen molar-refractivity contribution in [2.75, 3.05) is 7.11 Å². The van der Waals surface area contributed by atoms with Gasteiger partial charge in [0, 0.05) is 6.54 Å². The molecule has 2 aromatic carbocycles. The number of carbonyl (C=O) groups excluding carboxylic acids is 3. The first-order valence-corrected chi connectivity index (χ1v) is 9.78. The van der Waals surface area contributed by atoms with Crippen LogP contribution in [-0.2, 0) is 23.9 Å². The fourth-order valence-corrected chi connectivity index (χ4v) is 3.84. The van der Waals surface area contributed by atoms with E-state index in [0.717, 1.165) is 12.1 Å². The van der Waals surface area contributed by atoms with E-state index in [-0.39, 0.29) is 24.3 Å². The van der Waals surface area contributed by atoms with Gasteiger partial charge in [0.15, 0.2) is 0 Å². The van der Waals surface area contributed by atoms with Gasteiger partial charge in [-0.1, -0.05) is 30.0 Å². The number of hydrogen-bond donors (Lipinski definition) is 2. The topological polar surface area (TPSA) is 84.5 Å². The molecule has 1 saturated heterocycles. The second-order valence-corrected chi connectivity index (χ2v) is 8.13. The van der Waals surface area contributed by atoms with Gasteiger partial charge in [0.2, 0.25) is 5.91 Å². The zero-order valence-electron chi connectivity index (χ0n) is 16.2. The van der Waals surface area contributed by atoms with Crippen LogP contribution in [0.15, 0.2) is 42.5 Å². The highest BCUT2D eigenvalue weighted by Crippen LogP contribution is 2.33. The molecule has 1 aliphatic rings. The van der Waals surface area contributed by atoms with Crippen LogP contribution < -0.4 is 15.4 Å². The van der Waals surface area contributed by atoms with Crippen LogP contribution in [0.5, 0.6) is 5.75 Å². The van der Waals surface area contributed by atoms with Crippen molar-refractivity contribution in [1.29, 1.82) is 0 Å². The van der Waals surface area contributed by atoms with E-state index in [2.05, 4.69) is 10.6 Å². The van der Waals surface area contributed by atoms with E-state index in [1.54, 1.807) is 6.07 Å². The average Bonchev–Trinajstić information content (AvgIpc) is 2.96. The lowest BCUT2D eigenvalue weighted by molar-refractivity contribution is -0.137. The van der Waals surface area contributed by atoms with Gasteiger partial charge in [-0.25, -0.2) is 0 Å². The van der Waals surface area contributed by atoms with Gasteiger partial charge in [-0.2, -0.15) is 13.2 Å². The molecule has 11 heteroatoms. The Morgan fingerprint density at radius 2 is 1.81 bits per heavy atom. The summed E-state index contributed by atoms with van der Waals surface area (Å²) in [6, 6.07) is 9.09. The number of thioether (sulfide) groups is 1. The lowest BCUT2D eigenvalue weighted by atomic mass is 9.80. The molecule has 0 saturated carbocycles. The molecular weight excluding hydrogens is 432 g/mol. The summed E-state index contributed by atoms with van der Waals surface area (Å²) in [5.74, 6) is -0.879. The summed E-state index contributed by atoms with van der Waals surface area (Å²) in [4.78, 5) is 36.0. The molecule has 160 valence electrons. The summed E-state index contributed by atoms with van der Waals surface area (Å²) >= 11 is 0.672. The first kappa shape index (κ1) is 22.7. The second-order valence-electron chi connectivity index (χ2n) is 6.82. The zero-order valence-corrected chi connectivity index (χ0v) is 17.0. The Labute approximate surface area is 181 Å². The molecule has 3 amide bonds. The average molecular weight is 448 g/mol. The van der Waals surface area contributed by atoms with Gasteiger partial charge in [-0.15, -0.1) is 0 Å². The summed E-state index contributed by atoms with van der Waals surface area (Å²) in [6.07, 6.45) is -4.44. The van der Waals surface area contributed by atoms with Crippen LogP contribution in [0.25, 0.3) is 0 Å². The van der Waals surface area contributed by atoms with Crippen molar-refractivity contribution < 1.29 is 32.3 Å². The Morgan fingerprint density at radius 3 is 2.35 bits per heavy atom. The van der Waals surface area contributed by atoms with Gasteiger partial charge in [-0.3, -0.25) is 19.7 Å². The molecule has 0 aliphatic carbocycles. The maximum atomic E-state index is 12.7. The lowest BCUT2D eigenvalue weighted by Gasteiger charge is -2.20. The van der Waals surface area contributed by atoms with Crippen molar-refractivity contribution in [3.8, 4) is 5.75 Å². The largest absolute Gasteiger partial charge is 0.496 e. The summed E-state index contributed by atoms with van der Waals surface area (Å²) in [7, 11) is 7.40. The Morgan fingerprint density at radius 1 is 1.16 bits per heavy atom. The van der Waals surface area contributed by atoms with Gasteiger partial charge < -0.3 is 10.1 Å². The van der Waals surface area contributed by atoms with Gasteiger partial charge in [0.25, 0.3) is 11.1 Å². The highest BCUT2D eigenvalue weighted by Gasteiger charge is 2.43. The van der Waals surface area contributed by atoms with Gasteiger partial charge >= 0.3 is 6.18 Å². The molecule has 2 aromatic rings. The number of nitrogens with one attached hydrogen (secondary N) is 2. The van der Waals surface area contributed by atoms with E-state index in [1.165, 1.54) is 31.4 Å². The van der Waals surface area contributed by atoms with E-state index >= 15 is 0 Å². The van der Waals surface area contributed by atoms with Crippen LogP contribution in [0.2, 0.25) is 0 Å². The second kappa shape index (κ2) is 8.66. The van der Waals surface area contributed by atoms with E-state index in [0.29, 0.717) is 22.9 Å². The minimum Gasteiger partial charge on any atom is -0.496 e. The third kappa shape index (κ3) is 5.22. The predicted molar refractivity (Wildman–Crippen MR) is 109 cm³/mol. The molecule has 1 aliphatic heterocycles. The molecule has 2 N–H and O–H groups in total. The minimum atomic E-state index is -4.44. The summed E-state index contributed by atoms with van der Waals surface area (Å²) < 4.78 is 41.7. The molecule has 1 heterocycles. The number of halogens is 3. The first-order chi connectivity index (χ1) is 14.5. The smallest absolute Gasteiger partial charge is 0.416 e. The van der Waals surface area contributed by atoms with Crippen molar-refractivity contribution >= 4 is 36.7 Å².